The first-order valence-corrected chi connectivity index (χ1v) is 7.10. The number of aromatic nitrogens is 1. The minimum atomic E-state index is 0.651. The molecule has 1 aromatic heterocycles. The third-order valence-electron chi connectivity index (χ3n) is 3.06. The number of ether oxygens (including phenoxy) is 1. The van der Waals surface area contributed by atoms with Gasteiger partial charge in [-0.05, 0) is 49.7 Å². The van der Waals surface area contributed by atoms with E-state index in [0.717, 1.165) is 30.8 Å². The van der Waals surface area contributed by atoms with Crippen molar-refractivity contribution in [2.75, 3.05) is 7.05 Å². The highest BCUT2D eigenvalue weighted by molar-refractivity contribution is 5.32. The highest BCUT2D eigenvalue weighted by Gasteiger charge is 2.03. The van der Waals surface area contributed by atoms with Gasteiger partial charge < -0.3 is 10.1 Å². The summed E-state index contributed by atoms with van der Waals surface area (Å²) in [5, 5.41) is 3.14. The van der Waals surface area contributed by atoms with Gasteiger partial charge in [0.25, 0.3) is 0 Å². The molecular weight excluding hydrogens is 248 g/mol. The molecular formula is C17H22N2O. The van der Waals surface area contributed by atoms with Gasteiger partial charge in [0.05, 0.1) is 0 Å². The Bertz CT molecular complexity index is 549. The Morgan fingerprint density at radius 2 is 1.85 bits per heavy atom. The van der Waals surface area contributed by atoms with Crippen LogP contribution in [0.2, 0.25) is 0 Å². The molecule has 0 fully saturated rings. The molecule has 106 valence electrons. The Morgan fingerprint density at radius 1 is 1.10 bits per heavy atom. The predicted molar refractivity (Wildman–Crippen MR) is 82.2 cm³/mol. The smallest absolute Gasteiger partial charge is 0.219 e. The van der Waals surface area contributed by atoms with Crippen LogP contribution >= 0.6 is 0 Å². The van der Waals surface area contributed by atoms with Crippen LogP contribution in [0.15, 0.2) is 36.4 Å². The number of hydrogen-bond donors (Lipinski definition) is 1. The second-order valence-electron chi connectivity index (χ2n) is 4.98. The normalized spacial score (nSPS) is 10.6. The van der Waals surface area contributed by atoms with Crippen LogP contribution in [0.4, 0.5) is 0 Å². The molecule has 3 nitrogen and oxygen atoms in total. The Labute approximate surface area is 121 Å². The topological polar surface area (TPSA) is 34.1 Å². The van der Waals surface area contributed by atoms with Gasteiger partial charge in [-0.3, -0.25) is 0 Å². The van der Waals surface area contributed by atoms with Crippen LogP contribution in [-0.4, -0.2) is 12.0 Å². The van der Waals surface area contributed by atoms with Crippen molar-refractivity contribution in [1.82, 2.24) is 10.3 Å². The number of rotatable bonds is 6. The van der Waals surface area contributed by atoms with E-state index >= 15 is 0 Å². The van der Waals surface area contributed by atoms with Crippen molar-refractivity contribution >= 4 is 0 Å². The van der Waals surface area contributed by atoms with E-state index in [-0.39, 0.29) is 0 Å². The van der Waals surface area contributed by atoms with Gasteiger partial charge in [0.15, 0.2) is 0 Å². The van der Waals surface area contributed by atoms with E-state index in [1.165, 1.54) is 11.1 Å². The van der Waals surface area contributed by atoms with E-state index < -0.39 is 0 Å². The second-order valence-corrected chi connectivity index (χ2v) is 4.98. The predicted octanol–water partition coefficient (Wildman–Crippen LogP) is 3.85. The molecule has 1 N–H and O–H groups in total. The van der Waals surface area contributed by atoms with Crippen LogP contribution < -0.4 is 10.1 Å². The summed E-state index contributed by atoms with van der Waals surface area (Å²) < 4.78 is 5.84. The summed E-state index contributed by atoms with van der Waals surface area (Å²) in [7, 11) is 1.93. The molecule has 0 aliphatic heterocycles. The van der Waals surface area contributed by atoms with Crippen molar-refractivity contribution in [3.05, 3.63) is 53.2 Å². The maximum absolute atomic E-state index is 5.84. The van der Waals surface area contributed by atoms with Crippen molar-refractivity contribution in [3.8, 4) is 11.6 Å². The number of aryl methyl sites for hydroxylation is 2. The molecule has 0 unspecified atom stereocenters. The molecule has 0 amide bonds. The average Bonchev–Trinajstić information content (AvgIpc) is 2.41. The Hall–Kier alpha value is -1.87. The van der Waals surface area contributed by atoms with Crippen LogP contribution in [0.5, 0.6) is 11.6 Å². The van der Waals surface area contributed by atoms with Crippen LogP contribution in [0, 0.1) is 6.92 Å². The standard InChI is InChI=1S/C17H22N2O/c1-4-5-14-6-8-16(9-7-14)20-17-11-15(12-18-3)10-13(2)19-17/h6-11,18H,4-5,12H2,1-3H3. The third-order valence-corrected chi connectivity index (χ3v) is 3.06. The summed E-state index contributed by atoms with van der Waals surface area (Å²) in [6.45, 7) is 4.98. The molecule has 2 aromatic rings. The van der Waals surface area contributed by atoms with Crippen LogP contribution in [0.3, 0.4) is 0 Å². The van der Waals surface area contributed by atoms with Crippen LogP contribution in [-0.2, 0) is 13.0 Å². The van der Waals surface area contributed by atoms with E-state index in [1.54, 1.807) is 0 Å². The molecule has 20 heavy (non-hydrogen) atoms. The second kappa shape index (κ2) is 7.06. The van der Waals surface area contributed by atoms with Gasteiger partial charge in [0.2, 0.25) is 5.88 Å². The molecule has 0 aliphatic rings. The van der Waals surface area contributed by atoms with Crippen molar-refractivity contribution in [1.29, 1.82) is 0 Å². The zero-order valence-corrected chi connectivity index (χ0v) is 12.4. The molecule has 2 rings (SSSR count). The van der Waals surface area contributed by atoms with Crippen molar-refractivity contribution in [2.24, 2.45) is 0 Å². The van der Waals surface area contributed by atoms with E-state index in [1.807, 2.05) is 32.2 Å². The number of hydrogen-bond acceptors (Lipinski definition) is 3. The van der Waals surface area contributed by atoms with E-state index in [0.29, 0.717) is 5.88 Å². The third kappa shape index (κ3) is 4.07. The summed E-state index contributed by atoms with van der Waals surface area (Å²) in [6.07, 6.45) is 2.27. The van der Waals surface area contributed by atoms with Gasteiger partial charge >= 0.3 is 0 Å². The molecule has 1 aromatic carbocycles. The molecule has 0 atom stereocenters. The van der Waals surface area contributed by atoms with Crippen molar-refractivity contribution in [2.45, 2.75) is 33.2 Å². The van der Waals surface area contributed by atoms with Crippen molar-refractivity contribution < 1.29 is 4.74 Å². The number of nitrogens with one attached hydrogen (secondary N) is 1. The number of nitrogens with zero attached hydrogens (tertiary/aromatic N) is 1. The van der Waals surface area contributed by atoms with Gasteiger partial charge in [0.1, 0.15) is 5.75 Å². The van der Waals surface area contributed by atoms with Crippen LogP contribution in [0.1, 0.15) is 30.2 Å². The molecule has 0 radical (unpaired) electrons. The molecule has 0 aliphatic carbocycles. The highest BCUT2D eigenvalue weighted by Crippen LogP contribution is 2.22. The number of pyridine rings is 1. The van der Waals surface area contributed by atoms with E-state index in [9.17, 15) is 0 Å². The zero-order chi connectivity index (χ0) is 14.4. The zero-order valence-electron chi connectivity index (χ0n) is 12.4. The lowest BCUT2D eigenvalue weighted by molar-refractivity contribution is 0.460. The summed E-state index contributed by atoms with van der Waals surface area (Å²) in [4.78, 5) is 4.42. The quantitative estimate of drug-likeness (QED) is 0.865. The fourth-order valence-corrected chi connectivity index (χ4v) is 2.20. The fourth-order valence-electron chi connectivity index (χ4n) is 2.20. The molecule has 0 spiro atoms. The van der Waals surface area contributed by atoms with E-state index in [4.69, 9.17) is 4.74 Å². The maximum Gasteiger partial charge on any atom is 0.219 e. The lowest BCUT2D eigenvalue weighted by Crippen LogP contribution is -2.06. The maximum atomic E-state index is 5.84. The first-order valence-electron chi connectivity index (χ1n) is 7.10. The minimum Gasteiger partial charge on any atom is -0.439 e. The van der Waals surface area contributed by atoms with Crippen molar-refractivity contribution in [3.63, 3.8) is 0 Å². The lowest BCUT2D eigenvalue weighted by atomic mass is 10.1. The average molecular weight is 270 g/mol. The molecule has 3 heteroatoms. The fraction of sp³-hybridized carbons (Fsp3) is 0.353. The van der Waals surface area contributed by atoms with Gasteiger partial charge in [-0.2, -0.15) is 0 Å². The van der Waals surface area contributed by atoms with E-state index in [2.05, 4.69) is 35.4 Å². The Balaban J connectivity index is 2.12. The molecule has 0 saturated heterocycles. The highest BCUT2D eigenvalue weighted by atomic mass is 16.5. The lowest BCUT2D eigenvalue weighted by Gasteiger charge is -2.09. The summed E-state index contributed by atoms with van der Waals surface area (Å²) in [5.41, 5.74) is 3.49. The summed E-state index contributed by atoms with van der Waals surface area (Å²) in [5.74, 6) is 1.48. The van der Waals surface area contributed by atoms with Gasteiger partial charge in [-0.25, -0.2) is 4.98 Å². The summed E-state index contributed by atoms with van der Waals surface area (Å²) >= 11 is 0. The van der Waals surface area contributed by atoms with Gasteiger partial charge in [-0.15, -0.1) is 0 Å². The van der Waals surface area contributed by atoms with Gasteiger partial charge in [-0.1, -0.05) is 25.5 Å². The first kappa shape index (κ1) is 14.5. The number of benzene rings is 1. The SMILES string of the molecule is CCCc1ccc(Oc2cc(CNC)cc(C)n2)cc1. The van der Waals surface area contributed by atoms with Crippen LogP contribution in [0.25, 0.3) is 0 Å². The molecule has 0 saturated carbocycles. The largest absolute Gasteiger partial charge is 0.439 e. The Kier molecular flexibility index (Phi) is 5.13. The summed E-state index contributed by atoms with van der Waals surface area (Å²) in [6, 6.07) is 12.3. The monoisotopic (exact) mass is 270 g/mol. The minimum absolute atomic E-state index is 0.651. The molecule has 0 bridgehead atoms. The Morgan fingerprint density at radius 3 is 2.50 bits per heavy atom. The first-order chi connectivity index (χ1) is 9.71. The van der Waals surface area contributed by atoms with Gasteiger partial charge in [0, 0.05) is 18.3 Å². The molecule has 1 heterocycles.